The number of aromatic nitrogens is 2. The van der Waals surface area contributed by atoms with Gasteiger partial charge in [-0.3, -0.25) is 43.9 Å². The van der Waals surface area contributed by atoms with Gasteiger partial charge in [-0.15, -0.1) is 0 Å². The van der Waals surface area contributed by atoms with Crippen molar-refractivity contribution in [1.29, 1.82) is 5.26 Å². The van der Waals surface area contributed by atoms with Crippen molar-refractivity contribution in [3.05, 3.63) is 93.4 Å². The minimum absolute atomic E-state index is 0.0847. The molecule has 0 spiro atoms. The lowest BCUT2D eigenvalue weighted by atomic mass is 9.49. The Morgan fingerprint density at radius 2 is 1.62 bits per heavy atom. The number of nitrogens with zero attached hydrogens (tertiary/aromatic N) is 6. The lowest BCUT2D eigenvalue weighted by Gasteiger charge is -2.63. The van der Waals surface area contributed by atoms with Crippen molar-refractivity contribution in [3.8, 4) is 11.8 Å². The van der Waals surface area contributed by atoms with Gasteiger partial charge in [-0.2, -0.15) is 5.26 Å². The average Bonchev–Trinajstić information content (AvgIpc) is 3.56. The molecule has 16 heteroatoms. The summed E-state index contributed by atoms with van der Waals surface area (Å²) in [5.41, 5.74) is 1.59. The van der Waals surface area contributed by atoms with Crippen LogP contribution in [0.25, 0.3) is 10.9 Å². The number of ether oxygens (including phenoxy) is 1. The zero-order valence-corrected chi connectivity index (χ0v) is 35.6. The van der Waals surface area contributed by atoms with Gasteiger partial charge >= 0.3 is 0 Å². The van der Waals surface area contributed by atoms with E-state index < -0.39 is 40.5 Å². The van der Waals surface area contributed by atoms with Crippen molar-refractivity contribution in [2.75, 3.05) is 55.6 Å². The van der Waals surface area contributed by atoms with Crippen LogP contribution in [0.4, 0.5) is 11.5 Å². The maximum Gasteiger partial charge on any atom is 0.262 e. The Labute approximate surface area is 363 Å². The van der Waals surface area contributed by atoms with Gasteiger partial charge in [-0.25, -0.2) is 4.98 Å². The first kappa shape index (κ1) is 40.5. The van der Waals surface area contributed by atoms with Crippen LogP contribution in [-0.2, 0) is 9.59 Å². The molecule has 2 saturated carbocycles. The molecule has 4 atom stereocenters. The van der Waals surface area contributed by atoms with Crippen LogP contribution < -0.4 is 30.7 Å². The van der Waals surface area contributed by atoms with Crippen LogP contribution in [0.2, 0.25) is 0 Å². The monoisotopic (exact) mass is 851 g/mol. The van der Waals surface area contributed by atoms with E-state index in [0.29, 0.717) is 51.1 Å². The molecular weight excluding hydrogens is 803 g/mol. The van der Waals surface area contributed by atoms with Crippen molar-refractivity contribution in [2.45, 2.75) is 58.7 Å². The Kier molecular flexibility index (Phi) is 9.48. The van der Waals surface area contributed by atoms with Gasteiger partial charge in [0.1, 0.15) is 29.8 Å². The second-order valence-corrected chi connectivity index (χ2v) is 19.1. The number of nitrogens with one attached hydrogen (secondary N) is 3. The minimum atomic E-state index is -0.982. The summed E-state index contributed by atoms with van der Waals surface area (Å²) in [5.74, 6) is 1.07. The van der Waals surface area contributed by atoms with E-state index in [1.807, 2.05) is 18.2 Å². The number of carbonyl (C=O) groups excluding carboxylic acids is 5. The molecule has 0 bridgehead atoms. The maximum absolute atomic E-state index is 13.6. The second-order valence-electron chi connectivity index (χ2n) is 19.1. The van der Waals surface area contributed by atoms with E-state index >= 15 is 0 Å². The zero-order valence-electron chi connectivity index (χ0n) is 35.6. The number of nitriles is 1. The Bertz CT molecular complexity index is 2690. The third kappa shape index (κ3) is 6.71. The predicted molar refractivity (Wildman–Crippen MR) is 231 cm³/mol. The highest BCUT2D eigenvalue weighted by Gasteiger charge is 2.64. The van der Waals surface area contributed by atoms with E-state index in [1.54, 1.807) is 36.5 Å². The molecule has 0 radical (unpaired) electrons. The lowest BCUT2D eigenvalue weighted by molar-refractivity contribution is -0.163. The van der Waals surface area contributed by atoms with Crippen molar-refractivity contribution in [3.63, 3.8) is 0 Å². The van der Waals surface area contributed by atoms with Gasteiger partial charge < -0.3 is 24.8 Å². The Hall–Kier alpha value is -6.60. The zero-order chi connectivity index (χ0) is 44.1. The number of hydrogen-bond donors (Lipinski definition) is 3. The number of benzene rings is 2. The molecule has 5 fully saturated rings. The Morgan fingerprint density at radius 3 is 2.30 bits per heavy atom. The largest absolute Gasteiger partial charge is 0.488 e. The van der Waals surface area contributed by atoms with Gasteiger partial charge in [0.05, 0.1) is 27.8 Å². The van der Waals surface area contributed by atoms with Crippen LogP contribution >= 0.6 is 0 Å². The van der Waals surface area contributed by atoms with Crippen LogP contribution in [0.3, 0.4) is 0 Å². The van der Waals surface area contributed by atoms with Gasteiger partial charge in [0, 0.05) is 92.4 Å². The number of piperazine rings is 1. The highest BCUT2D eigenvalue weighted by Crippen LogP contribution is 2.56. The summed E-state index contributed by atoms with van der Waals surface area (Å²) in [6, 6.07) is 16.5. The summed E-state index contributed by atoms with van der Waals surface area (Å²) < 4.78 is 6.61. The first-order valence-electron chi connectivity index (χ1n) is 21.7. The first-order valence-corrected chi connectivity index (χ1v) is 21.7. The number of aromatic amines is 1. The SMILES string of the molecule is CC1(C)C(NC(=O)c2ccc(N3CC4C(CN5CCN(c6ccc7c(c6)C(=O)N(C6CCC(=O)NC6=O)C7=O)CC5)[C@H]4C3)nc2)C(C)(C)C1Oc1ccc(C#N)c2[nH]c(=O)ccc12. The molecule has 3 saturated heterocycles. The number of pyridine rings is 2. The van der Waals surface area contributed by atoms with E-state index in [4.69, 9.17) is 9.72 Å². The normalized spacial score (nSPS) is 27.1. The molecule has 10 rings (SSSR count). The predicted octanol–water partition coefficient (Wildman–Crippen LogP) is 3.31. The molecule has 16 nitrogen and oxygen atoms in total. The molecule has 63 heavy (non-hydrogen) atoms. The van der Waals surface area contributed by atoms with Crippen molar-refractivity contribution in [1.82, 2.24) is 30.4 Å². The molecule has 4 aromatic rings. The highest BCUT2D eigenvalue weighted by molar-refractivity contribution is 6.23. The van der Waals surface area contributed by atoms with E-state index in [9.17, 15) is 34.0 Å². The third-order valence-electron chi connectivity index (χ3n) is 14.7. The third-order valence-corrected chi connectivity index (χ3v) is 14.7. The van der Waals surface area contributed by atoms with Crippen LogP contribution in [0.1, 0.15) is 77.2 Å². The number of carbonyl (C=O) groups is 5. The lowest BCUT2D eigenvalue weighted by Crippen LogP contribution is -2.74. The van der Waals surface area contributed by atoms with Gasteiger partial charge in [0.15, 0.2) is 0 Å². The number of imide groups is 2. The van der Waals surface area contributed by atoms with Crippen molar-refractivity contribution >= 4 is 51.9 Å². The quantitative estimate of drug-likeness (QED) is 0.208. The molecule has 324 valence electrons. The fraction of sp³-hybridized carbons (Fsp3) is 0.447. The number of hydrogen-bond acceptors (Lipinski definition) is 12. The Morgan fingerprint density at radius 1 is 0.889 bits per heavy atom. The molecule has 3 unspecified atom stereocenters. The van der Waals surface area contributed by atoms with Crippen LogP contribution in [0, 0.1) is 39.9 Å². The Balaban J connectivity index is 0.697. The summed E-state index contributed by atoms with van der Waals surface area (Å²) in [7, 11) is 0. The highest BCUT2D eigenvalue weighted by atomic mass is 16.5. The number of rotatable bonds is 9. The van der Waals surface area contributed by atoms with Gasteiger partial charge in [0.2, 0.25) is 17.4 Å². The molecule has 2 aliphatic carbocycles. The number of piperidine rings is 2. The second kappa shape index (κ2) is 14.8. The fourth-order valence-corrected chi connectivity index (χ4v) is 11.5. The number of H-pyrrole nitrogens is 1. The van der Waals surface area contributed by atoms with Crippen LogP contribution in [0.15, 0.2) is 65.6 Å². The van der Waals surface area contributed by atoms with Crippen molar-refractivity contribution in [2.24, 2.45) is 28.6 Å². The number of fused-ring (bicyclic) bond motifs is 3. The van der Waals surface area contributed by atoms with Gasteiger partial charge in [-0.1, -0.05) is 27.7 Å². The number of amides is 5. The first-order chi connectivity index (χ1) is 30.1. The fourth-order valence-electron chi connectivity index (χ4n) is 11.5. The van der Waals surface area contributed by atoms with E-state index in [1.165, 1.54) is 6.07 Å². The molecule has 6 heterocycles. The summed E-state index contributed by atoms with van der Waals surface area (Å²) in [6.07, 6.45) is 1.60. The molecule has 2 aromatic carbocycles. The summed E-state index contributed by atoms with van der Waals surface area (Å²) in [6.45, 7) is 14.5. The van der Waals surface area contributed by atoms with Crippen molar-refractivity contribution < 1.29 is 28.7 Å². The molecule has 4 aliphatic heterocycles. The standard InChI is InChI=1S/C47H49N9O7/c1-46(2)44(47(3,4)45(46)63-35-11-5-25(20-48)39-29(35)9-13-37(57)50-39)52-40(59)26-6-12-36(49-21-26)55-23-32-31(33(32)24-55)22-53-15-17-54(18-16-53)27-7-8-28-30(19-27)43(62)56(42(28)61)34-10-14-38(58)51-41(34)60/h5-9,11-13,19,21,31-34,44-45H,10,14-18,22-24H2,1-4H3,(H,50,57)(H,52,59)(H,51,58,60)/t31?,32-,33?,34?,44?,45?/m1/s1. The smallest absolute Gasteiger partial charge is 0.262 e. The molecular formula is C47H49N9O7. The molecule has 3 N–H and O–H groups in total. The maximum atomic E-state index is 13.6. The van der Waals surface area contributed by atoms with Gasteiger partial charge in [0.25, 0.3) is 17.7 Å². The number of anilines is 2. The molecule has 5 amide bonds. The van der Waals surface area contributed by atoms with E-state index in [0.717, 1.165) is 62.2 Å². The van der Waals surface area contributed by atoms with Crippen LogP contribution in [-0.4, -0.2) is 113 Å². The van der Waals surface area contributed by atoms with Crippen LogP contribution in [0.5, 0.6) is 5.75 Å². The average molecular weight is 852 g/mol. The van der Waals surface area contributed by atoms with E-state index in [-0.39, 0.29) is 42.0 Å². The molecule has 6 aliphatic rings. The summed E-state index contributed by atoms with van der Waals surface area (Å²) in [5, 5.41) is 15.7. The molecule has 2 aromatic heterocycles. The van der Waals surface area contributed by atoms with Gasteiger partial charge in [-0.05, 0) is 72.7 Å². The minimum Gasteiger partial charge on any atom is -0.488 e. The summed E-state index contributed by atoms with van der Waals surface area (Å²) >= 11 is 0. The van der Waals surface area contributed by atoms with E-state index in [2.05, 4.69) is 64.1 Å². The topological polar surface area (TPSA) is 201 Å². The summed E-state index contributed by atoms with van der Waals surface area (Å²) in [4.78, 5) is 91.8.